The van der Waals surface area contributed by atoms with E-state index in [0.29, 0.717) is 12.5 Å². The molecule has 158 valence electrons. The summed E-state index contributed by atoms with van der Waals surface area (Å²) in [7, 11) is 3.33. The van der Waals surface area contributed by atoms with Crippen molar-refractivity contribution in [2.45, 2.75) is 32.9 Å². The van der Waals surface area contributed by atoms with Gasteiger partial charge in [0.05, 0.1) is 30.3 Å². The normalized spacial score (nSPS) is 14.1. The van der Waals surface area contributed by atoms with Gasteiger partial charge in [0, 0.05) is 23.9 Å². The number of hydrogen-bond donors (Lipinski definition) is 0. The van der Waals surface area contributed by atoms with Crippen LogP contribution in [0.2, 0.25) is 0 Å². The summed E-state index contributed by atoms with van der Waals surface area (Å²) in [6, 6.07) is 8.11. The van der Waals surface area contributed by atoms with E-state index >= 15 is 0 Å². The van der Waals surface area contributed by atoms with Crippen LogP contribution in [0.15, 0.2) is 36.0 Å². The van der Waals surface area contributed by atoms with Crippen LogP contribution in [0.3, 0.4) is 0 Å². The second-order valence-corrected chi connectivity index (χ2v) is 8.30. The van der Waals surface area contributed by atoms with Gasteiger partial charge < -0.3 is 14.2 Å². The average molecular weight is 426 g/mol. The molecule has 30 heavy (non-hydrogen) atoms. The molecule has 3 heterocycles. The number of aromatic nitrogens is 2. The summed E-state index contributed by atoms with van der Waals surface area (Å²) < 4.78 is 17.6. The molecule has 1 saturated heterocycles. The van der Waals surface area contributed by atoms with Crippen LogP contribution >= 0.6 is 11.3 Å². The fraction of sp³-hybridized carbons (Fsp3) is 0.391. The highest BCUT2D eigenvalue weighted by Gasteiger charge is 2.21. The van der Waals surface area contributed by atoms with Crippen LogP contribution in [0.1, 0.15) is 29.0 Å². The van der Waals surface area contributed by atoms with Crippen molar-refractivity contribution in [3.8, 4) is 28.5 Å². The highest BCUT2D eigenvalue weighted by Crippen LogP contribution is 2.40. The SMILES string of the molecule is COc1cc(-c2cccnc2OC)cc(CN2CCCC2)c1OCc1scnc1C. The molecular weight excluding hydrogens is 398 g/mol. The van der Waals surface area contributed by atoms with Gasteiger partial charge in [-0.05, 0) is 62.7 Å². The minimum atomic E-state index is 0.482. The van der Waals surface area contributed by atoms with Crippen LogP contribution in [0.5, 0.6) is 17.4 Å². The zero-order valence-corrected chi connectivity index (χ0v) is 18.5. The van der Waals surface area contributed by atoms with E-state index in [9.17, 15) is 0 Å². The van der Waals surface area contributed by atoms with Crippen molar-refractivity contribution in [2.24, 2.45) is 0 Å². The van der Waals surface area contributed by atoms with E-state index in [1.807, 2.05) is 30.6 Å². The minimum Gasteiger partial charge on any atom is -0.493 e. The molecule has 2 aromatic heterocycles. The summed E-state index contributed by atoms with van der Waals surface area (Å²) in [6.45, 7) is 5.53. The van der Waals surface area contributed by atoms with Gasteiger partial charge in [-0.15, -0.1) is 11.3 Å². The van der Waals surface area contributed by atoms with Crippen LogP contribution in [0, 0.1) is 6.92 Å². The van der Waals surface area contributed by atoms with Gasteiger partial charge in [-0.25, -0.2) is 9.97 Å². The van der Waals surface area contributed by atoms with Crippen molar-refractivity contribution in [3.05, 3.63) is 52.1 Å². The number of aryl methyl sites for hydroxylation is 1. The third-order valence-electron chi connectivity index (χ3n) is 5.41. The lowest BCUT2D eigenvalue weighted by Crippen LogP contribution is -2.19. The molecule has 0 atom stereocenters. The third-order valence-corrected chi connectivity index (χ3v) is 6.32. The maximum absolute atomic E-state index is 6.31. The molecule has 0 radical (unpaired) electrons. The minimum absolute atomic E-state index is 0.482. The van der Waals surface area contributed by atoms with E-state index in [1.54, 1.807) is 31.8 Å². The molecule has 1 aliphatic heterocycles. The van der Waals surface area contributed by atoms with Crippen molar-refractivity contribution in [1.82, 2.24) is 14.9 Å². The Balaban J connectivity index is 1.73. The molecule has 6 nitrogen and oxygen atoms in total. The summed E-state index contributed by atoms with van der Waals surface area (Å²) in [5.41, 5.74) is 5.92. The second kappa shape index (κ2) is 9.45. The number of pyridine rings is 1. The van der Waals surface area contributed by atoms with Crippen molar-refractivity contribution >= 4 is 11.3 Å². The lowest BCUT2D eigenvalue weighted by Gasteiger charge is -2.21. The third kappa shape index (κ3) is 4.42. The number of hydrogen-bond acceptors (Lipinski definition) is 7. The van der Waals surface area contributed by atoms with Gasteiger partial charge >= 0.3 is 0 Å². The van der Waals surface area contributed by atoms with E-state index in [2.05, 4.69) is 20.9 Å². The Morgan fingerprint density at radius 2 is 1.93 bits per heavy atom. The molecule has 0 unspecified atom stereocenters. The number of nitrogens with zero attached hydrogens (tertiary/aromatic N) is 3. The topological polar surface area (TPSA) is 56.7 Å². The van der Waals surface area contributed by atoms with Crippen molar-refractivity contribution in [3.63, 3.8) is 0 Å². The molecule has 0 spiro atoms. The first-order valence-corrected chi connectivity index (χ1v) is 11.0. The highest BCUT2D eigenvalue weighted by molar-refractivity contribution is 7.09. The van der Waals surface area contributed by atoms with Crippen LogP contribution in [0.25, 0.3) is 11.1 Å². The molecule has 0 saturated carbocycles. The number of rotatable bonds is 8. The summed E-state index contributed by atoms with van der Waals surface area (Å²) >= 11 is 1.61. The van der Waals surface area contributed by atoms with Gasteiger partial charge in [-0.2, -0.15) is 0 Å². The second-order valence-electron chi connectivity index (χ2n) is 7.36. The first kappa shape index (κ1) is 20.6. The van der Waals surface area contributed by atoms with E-state index in [-0.39, 0.29) is 0 Å². The van der Waals surface area contributed by atoms with Crippen molar-refractivity contribution in [2.75, 3.05) is 27.3 Å². The van der Waals surface area contributed by atoms with E-state index in [0.717, 1.165) is 58.4 Å². The monoisotopic (exact) mass is 425 g/mol. The van der Waals surface area contributed by atoms with Crippen LogP contribution < -0.4 is 14.2 Å². The van der Waals surface area contributed by atoms with Crippen molar-refractivity contribution < 1.29 is 14.2 Å². The standard InChI is InChI=1S/C23H27N3O3S/c1-16-21(30-15-25-16)14-29-22-18(13-26-9-4-5-10-26)11-17(12-20(22)27-2)19-7-6-8-24-23(19)28-3/h6-8,11-12,15H,4-5,9-10,13-14H2,1-3H3. The van der Waals surface area contributed by atoms with Gasteiger partial charge in [0.2, 0.25) is 5.88 Å². The molecule has 4 rings (SSSR count). The average Bonchev–Trinajstić information content (AvgIpc) is 3.44. The fourth-order valence-corrected chi connectivity index (χ4v) is 4.49. The smallest absolute Gasteiger partial charge is 0.221 e. The zero-order valence-electron chi connectivity index (χ0n) is 17.7. The fourth-order valence-electron chi connectivity index (χ4n) is 3.81. The maximum atomic E-state index is 6.31. The predicted molar refractivity (Wildman–Crippen MR) is 118 cm³/mol. The first-order valence-electron chi connectivity index (χ1n) is 10.1. The quantitative estimate of drug-likeness (QED) is 0.521. The Kier molecular flexibility index (Phi) is 6.50. The van der Waals surface area contributed by atoms with Crippen LogP contribution in [-0.2, 0) is 13.2 Å². The molecule has 0 N–H and O–H groups in total. The Bertz CT molecular complexity index is 999. The van der Waals surface area contributed by atoms with Crippen LogP contribution in [-0.4, -0.2) is 42.2 Å². The molecule has 0 amide bonds. The molecular formula is C23H27N3O3S. The predicted octanol–water partition coefficient (Wildman–Crippen LogP) is 4.71. The van der Waals surface area contributed by atoms with E-state index in [4.69, 9.17) is 14.2 Å². The molecule has 7 heteroatoms. The zero-order chi connectivity index (χ0) is 20.9. The van der Waals surface area contributed by atoms with E-state index in [1.165, 1.54) is 12.8 Å². The maximum Gasteiger partial charge on any atom is 0.221 e. The van der Waals surface area contributed by atoms with Gasteiger partial charge in [-0.1, -0.05) is 0 Å². The van der Waals surface area contributed by atoms with Crippen molar-refractivity contribution in [1.29, 1.82) is 0 Å². The summed E-state index contributed by atoms with van der Waals surface area (Å²) in [5, 5.41) is 0. The van der Waals surface area contributed by atoms with Gasteiger partial charge in [0.15, 0.2) is 11.5 Å². The lowest BCUT2D eigenvalue weighted by molar-refractivity contribution is 0.271. The van der Waals surface area contributed by atoms with E-state index < -0.39 is 0 Å². The number of methoxy groups -OCH3 is 2. The highest BCUT2D eigenvalue weighted by atomic mass is 32.1. The molecule has 0 bridgehead atoms. The molecule has 3 aromatic rings. The summed E-state index contributed by atoms with van der Waals surface area (Å²) in [5.74, 6) is 2.11. The number of likely N-dealkylation sites (tertiary alicyclic amines) is 1. The number of thiazole rings is 1. The summed E-state index contributed by atoms with van der Waals surface area (Å²) in [4.78, 5) is 12.3. The summed E-state index contributed by atoms with van der Waals surface area (Å²) in [6.07, 6.45) is 4.21. The largest absolute Gasteiger partial charge is 0.493 e. The Labute approximate surface area is 181 Å². The van der Waals surface area contributed by atoms with Gasteiger partial charge in [0.1, 0.15) is 6.61 Å². The molecule has 1 aromatic carbocycles. The Morgan fingerprint density at radius 3 is 2.63 bits per heavy atom. The Hall–Kier alpha value is -2.64. The van der Waals surface area contributed by atoms with Gasteiger partial charge in [0.25, 0.3) is 0 Å². The molecule has 1 fully saturated rings. The first-order chi connectivity index (χ1) is 14.7. The number of ether oxygens (including phenoxy) is 3. The van der Waals surface area contributed by atoms with Crippen LogP contribution in [0.4, 0.5) is 0 Å². The Morgan fingerprint density at radius 1 is 1.10 bits per heavy atom. The molecule has 0 aliphatic carbocycles. The molecule has 1 aliphatic rings. The lowest BCUT2D eigenvalue weighted by atomic mass is 10.0. The number of benzene rings is 1. The van der Waals surface area contributed by atoms with Gasteiger partial charge in [-0.3, -0.25) is 4.90 Å².